The van der Waals surface area contributed by atoms with Crippen molar-refractivity contribution in [3.63, 3.8) is 0 Å². The molecule has 2 heteroatoms. The fourth-order valence-electron chi connectivity index (χ4n) is 1.11. The first kappa shape index (κ1) is 8.94. The van der Waals surface area contributed by atoms with Gasteiger partial charge in [-0.2, -0.15) is 0 Å². The van der Waals surface area contributed by atoms with Crippen LogP contribution in [0.2, 0.25) is 0 Å². The van der Waals surface area contributed by atoms with Crippen LogP contribution in [-0.4, -0.2) is 10.9 Å². The highest BCUT2D eigenvalue weighted by molar-refractivity contribution is 5.95. The quantitative estimate of drug-likeness (QED) is 0.674. The van der Waals surface area contributed by atoms with E-state index in [-0.39, 0.29) is 5.78 Å². The maximum absolute atomic E-state index is 11.0. The zero-order chi connectivity index (χ0) is 9.14. The normalized spacial score (nSPS) is 12.6. The molecular formula is C10H11O2. The van der Waals surface area contributed by atoms with E-state index in [1.54, 1.807) is 24.3 Å². The molecule has 1 atom stereocenters. The predicted molar refractivity (Wildman–Crippen MR) is 46.8 cm³/mol. The van der Waals surface area contributed by atoms with E-state index in [4.69, 9.17) is 0 Å². The lowest BCUT2D eigenvalue weighted by molar-refractivity contribution is 0.101. The minimum Gasteiger partial charge on any atom is -0.388 e. The van der Waals surface area contributed by atoms with Gasteiger partial charge in [-0.25, -0.2) is 0 Å². The number of ketones is 1. The maximum atomic E-state index is 11.0. The highest BCUT2D eigenvalue weighted by Gasteiger charge is 2.09. The minimum absolute atomic E-state index is 0.0479. The lowest BCUT2D eigenvalue weighted by Crippen LogP contribution is -2.02. The minimum atomic E-state index is -0.829. The van der Waals surface area contributed by atoms with Gasteiger partial charge in [0.25, 0.3) is 0 Å². The Labute approximate surface area is 71.8 Å². The summed E-state index contributed by atoms with van der Waals surface area (Å²) in [5.41, 5.74) is 1.13. The molecule has 0 saturated heterocycles. The summed E-state index contributed by atoms with van der Waals surface area (Å²) in [5, 5.41) is 9.19. The molecule has 0 aliphatic heterocycles. The first-order chi connectivity index (χ1) is 5.63. The standard InChI is InChI=1S/C10H11O2/c1-7(11)9-5-3-4-6-10(9)8(2)12/h3-7,11H,1H2,2H3. The van der Waals surface area contributed by atoms with E-state index in [9.17, 15) is 9.90 Å². The smallest absolute Gasteiger partial charge is 0.160 e. The van der Waals surface area contributed by atoms with Gasteiger partial charge in [0.2, 0.25) is 0 Å². The summed E-state index contributed by atoms with van der Waals surface area (Å²) in [6.45, 7) is 4.93. The molecule has 1 rings (SSSR count). The Morgan fingerprint density at radius 1 is 1.50 bits per heavy atom. The summed E-state index contributed by atoms with van der Waals surface area (Å²) < 4.78 is 0. The number of carbonyl (C=O) groups is 1. The number of hydrogen-bond donors (Lipinski definition) is 1. The van der Waals surface area contributed by atoms with Crippen molar-refractivity contribution < 1.29 is 9.90 Å². The van der Waals surface area contributed by atoms with Gasteiger partial charge in [-0.1, -0.05) is 24.3 Å². The fourth-order valence-corrected chi connectivity index (χ4v) is 1.11. The summed E-state index contributed by atoms with van der Waals surface area (Å²) in [6, 6.07) is 6.93. The van der Waals surface area contributed by atoms with E-state index in [0.29, 0.717) is 11.1 Å². The highest BCUT2D eigenvalue weighted by atomic mass is 16.3. The number of hydrogen-bond acceptors (Lipinski definition) is 2. The van der Waals surface area contributed by atoms with Crippen LogP contribution in [-0.2, 0) is 0 Å². The summed E-state index contributed by atoms with van der Waals surface area (Å²) in [4.78, 5) is 11.0. The molecule has 0 bridgehead atoms. The summed E-state index contributed by atoms with van der Waals surface area (Å²) in [5.74, 6) is -0.0479. The molecule has 1 radical (unpaired) electrons. The van der Waals surface area contributed by atoms with Crippen LogP contribution < -0.4 is 0 Å². The summed E-state index contributed by atoms with van der Waals surface area (Å²) >= 11 is 0. The van der Waals surface area contributed by atoms with Crippen LogP contribution in [0, 0.1) is 6.92 Å². The predicted octanol–water partition coefficient (Wildman–Crippen LogP) is 1.76. The monoisotopic (exact) mass is 163 g/mol. The zero-order valence-corrected chi connectivity index (χ0v) is 6.95. The number of aliphatic hydroxyl groups is 1. The van der Waals surface area contributed by atoms with E-state index >= 15 is 0 Å². The molecule has 0 spiro atoms. The van der Waals surface area contributed by atoms with Crippen LogP contribution in [0.1, 0.15) is 28.9 Å². The average molecular weight is 163 g/mol. The average Bonchev–Trinajstić information content (AvgIpc) is 2.04. The third-order valence-electron chi connectivity index (χ3n) is 1.70. The molecule has 1 unspecified atom stereocenters. The second-order valence-corrected chi connectivity index (χ2v) is 2.66. The highest BCUT2D eigenvalue weighted by Crippen LogP contribution is 2.16. The van der Waals surface area contributed by atoms with Crippen molar-refractivity contribution in [1.82, 2.24) is 0 Å². The molecule has 0 saturated carbocycles. The Bertz CT molecular complexity index is 290. The molecular weight excluding hydrogens is 152 g/mol. The lowest BCUT2D eigenvalue weighted by Gasteiger charge is -2.08. The maximum Gasteiger partial charge on any atom is 0.160 e. The Kier molecular flexibility index (Phi) is 2.61. The molecule has 1 aromatic carbocycles. The van der Waals surface area contributed by atoms with Crippen molar-refractivity contribution in [2.24, 2.45) is 0 Å². The van der Waals surface area contributed by atoms with Gasteiger partial charge in [0.05, 0.1) is 6.10 Å². The Morgan fingerprint density at radius 2 is 2.08 bits per heavy atom. The van der Waals surface area contributed by atoms with Crippen molar-refractivity contribution in [1.29, 1.82) is 0 Å². The number of carbonyl (C=O) groups excluding carboxylic acids is 1. The van der Waals surface area contributed by atoms with Crippen LogP contribution in [0.25, 0.3) is 0 Å². The number of aliphatic hydroxyl groups excluding tert-OH is 1. The SMILES string of the molecule is [CH2]C(O)c1ccccc1C(C)=O. The largest absolute Gasteiger partial charge is 0.388 e. The molecule has 2 nitrogen and oxygen atoms in total. The van der Waals surface area contributed by atoms with E-state index in [2.05, 4.69) is 6.92 Å². The summed E-state index contributed by atoms with van der Waals surface area (Å²) in [6.07, 6.45) is -0.829. The molecule has 0 amide bonds. The van der Waals surface area contributed by atoms with Crippen molar-refractivity contribution in [2.75, 3.05) is 0 Å². The van der Waals surface area contributed by atoms with E-state index in [0.717, 1.165) is 0 Å². The van der Waals surface area contributed by atoms with Crippen LogP contribution in [0.5, 0.6) is 0 Å². The van der Waals surface area contributed by atoms with Crippen LogP contribution >= 0.6 is 0 Å². The van der Waals surface area contributed by atoms with Gasteiger partial charge in [-0.3, -0.25) is 4.79 Å². The van der Waals surface area contributed by atoms with Gasteiger partial charge in [0.1, 0.15) is 0 Å². The van der Waals surface area contributed by atoms with Gasteiger partial charge in [-0.15, -0.1) is 0 Å². The Hall–Kier alpha value is -1.15. The molecule has 0 fully saturated rings. The molecule has 0 aliphatic carbocycles. The van der Waals surface area contributed by atoms with Gasteiger partial charge in [0.15, 0.2) is 5.78 Å². The second-order valence-electron chi connectivity index (χ2n) is 2.66. The van der Waals surface area contributed by atoms with Crippen LogP contribution in [0.4, 0.5) is 0 Å². The van der Waals surface area contributed by atoms with E-state index in [1.807, 2.05) is 0 Å². The number of rotatable bonds is 2. The van der Waals surface area contributed by atoms with Crippen molar-refractivity contribution >= 4 is 5.78 Å². The fraction of sp³-hybridized carbons (Fsp3) is 0.200. The molecule has 0 heterocycles. The van der Waals surface area contributed by atoms with Crippen molar-refractivity contribution in [3.8, 4) is 0 Å². The van der Waals surface area contributed by atoms with Gasteiger partial charge in [0, 0.05) is 5.56 Å². The first-order valence-corrected chi connectivity index (χ1v) is 3.74. The van der Waals surface area contributed by atoms with E-state index < -0.39 is 6.10 Å². The number of benzene rings is 1. The molecule has 12 heavy (non-hydrogen) atoms. The Balaban J connectivity index is 3.17. The van der Waals surface area contributed by atoms with Crippen LogP contribution in [0.15, 0.2) is 24.3 Å². The molecule has 63 valence electrons. The topological polar surface area (TPSA) is 37.3 Å². The first-order valence-electron chi connectivity index (χ1n) is 3.74. The molecule has 1 aromatic rings. The lowest BCUT2D eigenvalue weighted by atomic mass is 10.0. The molecule has 0 aliphatic rings. The van der Waals surface area contributed by atoms with E-state index in [1.165, 1.54) is 6.92 Å². The zero-order valence-electron chi connectivity index (χ0n) is 6.95. The van der Waals surface area contributed by atoms with Gasteiger partial charge >= 0.3 is 0 Å². The summed E-state index contributed by atoms with van der Waals surface area (Å²) in [7, 11) is 0. The molecule has 1 N–H and O–H groups in total. The van der Waals surface area contributed by atoms with Crippen molar-refractivity contribution in [2.45, 2.75) is 13.0 Å². The second kappa shape index (κ2) is 3.50. The third-order valence-corrected chi connectivity index (χ3v) is 1.70. The van der Waals surface area contributed by atoms with Crippen LogP contribution in [0.3, 0.4) is 0 Å². The van der Waals surface area contributed by atoms with Gasteiger partial charge in [-0.05, 0) is 19.4 Å². The Morgan fingerprint density at radius 3 is 2.50 bits per heavy atom. The number of Topliss-reactive ketones (excluding diaryl/α,β-unsaturated/α-hetero) is 1. The third kappa shape index (κ3) is 1.71. The van der Waals surface area contributed by atoms with Crippen molar-refractivity contribution in [3.05, 3.63) is 42.3 Å². The molecule has 0 aromatic heterocycles. The van der Waals surface area contributed by atoms with Gasteiger partial charge < -0.3 is 5.11 Å².